The Balaban J connectivity index is 1.47. The van der Waals surface area contributed by atoms with Gasteiger partial charge in [0.25, 0.3) is 5.91 Å². The van der Waals surface area contributed by atoms with Crippen LogP contribution in [-0.4, -0.2) is 29.3 Å². The molecule has 0 fully saturated rings. The van der Waals surface area contributed by atoms with Crippen molar-refractivity contribution in [1.82, 2.24) is 15.5 Å². The average Bonchev–Trinajstić information content (AvgIpc) is 3.23. The molecule has 1 aliphatic rings. The summed E-state index contributed by atoms with van der Waals surface area (Å²) in [5.41, 5.74) is 1.73. The number of rotatable bonds is 5. The molecule has 9 heteroatoms. The summed E-state index contributed by atoms with van der Waals surface area (Å²) in [5, 5.41) is 12.2. The quantitative estimate of drug-likeness (QED) is 0.616. The van der Waals surface area contributed by atoms with Gasteiger partial charge in [-0.2, -0.15) is 0 Å². The molecule has 0 unspecified atom stereocenters. The Morgan fingerprint density at radius 2 is 1.90 bits per heavy atom. The molecule has 1 aromatic heterocycles. The molecule has 1 N–H and O–H groups in total. The SMILES string of the molecule is O=C(NCc1ccccc1)c1nnc(/C(Cl)=C/c2cc(Cl)c3c(c2)OCCO3)s1. The van der Waals surface area contributed by atoms with E-state index in [9.17, 15) is 4.79 Å². The zero-order valence-electron chi connectivity index (χ0n) is 15.0. The molecule has 3 aromatic rings. The number of aromatic nitrogens is 2. The van der Waals surface area contributed by atoms with Crippen LogP contribution in [0.15, 0.2) is 42.5 Å². The maximum atomic E-state index is 12.3. The number of amides is 1. The number of carbonyl (C=O) groups excluding carboxylic acids is 1. The van der Waals surface area contributed by atoms with Crippen LogP contribution in [0.4, 0.5) is 0 Å². The summed E-state index contributed by atoms with van der Waals surface area (Å²) in [6.07, 6.45) is 1.69. The lowest BCUT2D eigenvalue weighted by Gasteiger charge is -2.19. The maximum absolute atomic E-state index is 12.3. The summed E-state index contributed by atoms with van der Waals surface area (Å²) in [7, 11) is 0. The third-order valence-electron chi connectivity index (χ3n) is 4.03. The minimum atomic E-state index is -0.301. The Morgan fingerprint density at radius 3 is 2.72 bits per heavy atom. The van der Waals surface area contributed by atoms with Gasteiger partial charge in [0.1, 0.15) is 13.2 Å². The normalized spacial score (nSPS) is 13.2. The van der Waals surface area contributed by atoms with Gasteiger partial charge >= 0.3 is 0 Å². The summed E-state index contributed by atoms with van der Waals surface area (Å²) < 4.78 is 11.1. The van der Waals surface area contributed by atoms with Gasteiger partial charge in [-0.15, -0.1) is 10.2 Å². The lowest BCUT2D eigenvalue weighted by molar-refractivity contribution is 0.0950. The molecule has 29 heavy (non-hydrogen) atoms. The van der Waals surface area contributed by atoms with Crippen molar-refractivity contribution in [3.63, 3.8) is 0 Å². The van der Waals surface area contributed by atoms with E-state index in [2.05, 4.69) is 15.5 Å². The van der Waals surface area contributed by atoms with E-state index in [0.717, 1.165) is 22.5 Å². The van der Waals surface area contributed by atoms with Crippen LogP contribution in [0.2, 0.25) is 5.02 Å². The van der Waals surface area contributed by atoms with Crippen LogP contribution in [0.25, 0.3) is 11.1 Å². The Morgan fingerprint density at radius 1 is 1.14 bits per heavy atom. The predicted molar refractivity (Wildman–Crippen MR) is 114 cm³/mol. The first kappa shape index (κ1) is 19.7. The van der Waals surface area contributed by atoms with E-state index in [-0.39, 0.29) is 10.9 Å². The fourth-order valence-electron chi connectivity index (χ4n) is 2.69. The van der Waals surface area contributed by atoms with Crippen molar-refractivity contribution in [3.05, 3.63) is 68.6 Å². The van der Waals surface area contributed by atoms with Crippen LogP contribution in [0.1, 0.15) is 25.9 Å². The molecule has 0 spiro atoms. The lowest BCUT2D eigenvalue weighted by atomic mass is 10.2. The van der Waals surface area contributed by atoms with Crippen molar-refractivity contribution in [1.29, 1.82) is 0 Å². The molecule has 148 valence electrons. The van der Waals surface area contributed by atoms with Crippen molar-refractivity contribution >= 4 is 51.6 Å². The number of nitrogens with zero attached hydrogens (tertiary/aromatic N) is 2. The molecule has 4 rings (SSSR count). The molecule has 0 atom stereocenters. The fourth-order valence-corrected chi connectivity index (χ4v) is 3.91. The highest BCUT2D eigenvalue weighted by atomic mass is 35.5. The number of hydrogen-bond acceptors (Lipinski definition) is 6. The van der Waals surface area contributed by atoms with E-state index in [1.54, 1.807) is 18.2 Å². The molecule has 0 saturated heterocycles. The molecule has 2 heterocycles. The second kappa shape index (κ2) is 8.82. The smallest absolute Gasteiger partial charge is 0.282 e. The number of ether oxygens (including phenoxy) is 2. The van der Waals surface area contributed by atoms with Gasteiger partial charge in [-0.05, 0) is 29.3 Å². The highest BCUT2D eigenvalue weighted by molar-refractivity contribution is 7.15. The van der Waals surface area contributed by atoms with Crippen LogP contribution in [0.5, 0.6) is 11.5 Å². The zero-order chi connectivity index (χ0) is 20.2. The standard InChI is InChI=1S/C20H15Cl2N3O3S/c21-14-8-13(10-16-17(14)28-7-6-27-16)9-15(22)19-24-25-20(29-19)18(26)23-11-12-4-2-1-3-5-12/h1-5,8-10H,6-7,11H2,(H,23,26)/b15-9-. The second-order valence-corrected chi connectivity index (χ2v) is 7.89. The predicted octanol–water partition coefficient (Wildman–Crippen LogP) is 4.63. The number of benzene rings is 2. The molecule has 0 bridgehead atoms. The first-order valence-electron chi connectivity index (χ1n) is 8.72. The summed E-state index contributed by atoms with van der Waals surface area (Å²) in [6, 6.07) is 13.1. The molecular weight excluding hydrogens is 433 g/mol. The number of hydrogen-bond donors (Lipinski definition) is 1. The van der Waals surface area contributed by atoms with Gasteiger partial charge in [0.2, 0.25) is 5.01 Å². The zero-order valence-corrected chi connectivity index (χ0v) is 17.4. The van der Waals surface area contributed by atoms with Crippen LogP contribution in [0, 0.1) is 0 Å². The lowest BCUT2D eigenvalue weighted by Crippen LogP contribution is -2.22. The van der Waals surface area contributed by atoms with E-state index >= 15 is 0 Å². The van der Waals surface area contributed by atoms with Gasteiger partial charge < -0.3 is 14.8 Å². The van der Waals surface area contributed by atoms with Crippen molar-refractivity contribution < 1.29 is 14.3 Å². The number of fused-ring (bicyclic) bond motifs is 1. The van der Waals surface area contributed by atoms with Gasteiger partial charge in [-0.3, -0.25) is 4.79 Å². The molecule has 0 aliphatic carbocycles. The van der Waals surface area contributed by atoms with Crippen LogP contribution in [0.3, 0.4) is 0 Å². The fraction of sp³-hybridized carbons (Fsp3) is 0.150. The summed E-state index contributed by atoms with van der Waals surface area (Å²) in [5.74, 6) is 0.793. The van der Waals surface area contributed by atoms with Gasteiger partial charge in [0, 0.05) is 6.54 Å². The minimum Gasteiger partial charge on any atom is -0.486 e. The monoisotopic (exact) mass is 447 g/mol. The summed E-state index contributed by atoms with van der Waals surface area (Å²) in [6.45, 7) is 1.33. The van der Waals surface area contributed by atoms with Crippen molar-refractivity contribution in [2.45, 2.75) is 6.54 Å². The summed E-state index contributed by atoms with van der Waals surface area (Å²) in [4.78, 5) is 12.3. The first-order chi connectivity index (χ1) is 14.1. The van der Waals surface area contributed by atoms with Crippen LogP contribution < -0.4 is 14.8 Å². The van der Waals surface area contributed by atoms with E-state index in [1.165, 1.54) is 0 Å². The van der Waals surface area contributed by atoms with E-state index in [0.29, 0.717) is 46.3 Å². The first-order valence-corrected chi connectivity index (χ1v) is 10.3. The van der Waals surface area contributed by atoms with Gasteiger partial charge in [0.15, 0.2) is 16.5 Å². The van der Waals surface area contributed by atoms with E-state index < -0.39 is 0 Å². The van der Waals surface area contributed by atoms with E-state index in [1.807, 2.05) is 30.3 Å². The van der Waals surface area contributed by atoms with Crippen molar-refractivity contribution in [2.24, 2.45) is 0 Å². The third kappa shape index (κ3) is 4.70. The van der Waals surface area contributed by atoms with Crippen LogP contribution in [-0.2, 0) is 6.54 Å². The van der Waals surface area contributed by atoms with Gasteiger partial charge in [-0.1, -0.05) is 64.9 Å². The Hall–Kier alpha value is -2.61. The molecule has 6 nitrogen and oxygen atoms in total. The number of carbonyl (C=O) groups is 1. The van der Waals surface area contributed by atoms with Gasteiger partial charge in [-0.25, -0.2) is 0 Å². The number of halogens is 2. The van der Waals surface area contributed by atoms with Gasteiger partial charge in [0.05, 0.1) is 10.1 Å². The molecule has 1 aliphatic heterocycles. The van der Waals surface area contributed by atoms with E-state index in [4.69, 9.17) is 32.7 Å². The Labute approximate surface area is 181 Å². The molecular formula is C20H15Cl2N3O3S. The topological polar surface area (TPSA) is 73.3 Å². The molecule has 1 amide bonds. The number of nitrogens with one attached hydrogen (secondary N) is 1. The Kier molecular flexibility index (Phi) is 5.99. The minimum absolute atomic E-state index is 0.239. The summed E-state index contributed by atoms with van der Waals surface area (Å²) >= 11 is 13.8. The highest BCUT2D eigenvalue weighted by Crippen LogP contribution is 2.39. The third-order valence-corrected chi connectivity index (χ3v) is 5.67. The largest absolute Gasteiger partial charge is 0.486 e. The van der Waals surface area contributed by atoms with Crippen molar-refractivity contribution in [2.75, 3.05) is 13.2 Å². The molecule has 0 saturated carbocycles. The second-order valence-electron chi connectivity index (χ2n) is 6.10. The highest BCUT2D eigenvalue weighted by Gasteiger charge is 2.18. The maximum Gasteiger partial charge on any atom is 0.282 e. The average molecular weight is 448 g/mol. The van der Waals surface area contributed by atoms with Crippen LogP contribution >= 0.6 is 34.5 Å². The molecule has 0 radical (unpaired) electrons. The Bertz CT molecular complexity index is 1070. The van der Waals surface area contributed by atoms with Crippen molar-refractivity contribution in [3.8, 4) is 11.5 Å². The molecule has 2 aromatic carbocycles.